The molecule has 0 saturated heterocycles. The number of aromatic nitrogens is 4. The van der Waals surface area contributed by atoms with Crippen molar-refractivity contribution in [3.05, 3.63) is 71.6 Å². The van der Waals surface area contributed by atoms with Crippen LogP contribution in [-0.4, -0.2) is 55.2 Å². The minimum absolute atomic E-state index is 0.0548. The molecule has 3 aliphatic carbocycles. The van der Waals surface area contributed by atoms with Crippen molar-refractivity contribution >= 4 is 0 Å². The fraction of sp³-hybridized carbons (Fsp3) is 0.458. The highest BCUT2D eigenvalue weighted by atomic mass is 19.4. The van der Waals surface area contributed by atoms with Gasteiger partial charge in [0.25, 0.3) is 5.92 Å². The predicted molar refractivity (Wildman–Crippen MR) is 115 cm³/mol. The Morgan fingerprint density at radius 1 is 1.00 bits per heavy atom. The Bertz CT molecular complexity index is 1300. The van der Waals surface area contributed by atoms with Crippen molar-refractivity contribution in [2.45, 2.75) is 55.0 Å². The second-order valence-electron chi connectivity index (χ2n) is 10.1. The van der Waals surface area contributed by atoms with Gasteiger partial charge in [-0.1, -0.05) is 12.1 Å². The second kappa shape index (κ2) is 8.63. The molecule has 0 aliphatic heterocycles. The van der Waals surface area contributed by atoms with Gasteiger partial charge in [0.15, 0.2) is 11.7 Å². The van der Waals surface area contributed by atoms with Crippen LogP contribution in [0.1, 0.15) is 30.4 Å². The molecule has 6 rings (SSSR count). The van der Waals surface area contributed by atoms with Crippen LogP contribution in [0.15, 0.2) is 48.8 Å². The molecule has 3 fully saturated rings. The maximum atomic E-state index is 16.2. The Hall–Kier alpha value is -3.26. The van der Waals surface area contributed by atoms with Crippen LogP contribution in [0, 0.1) is 17.0 Å². The second-order valence-corrected chi connectivity index (χ2v) is 10.1. The third-order valence-electron chi connectivity index (χ3n) is 7.63. The molecule has 2 bridgehead atoms. The smallest absolute Gasteiger partial charge is 0.417 e. The number of rotatable bonds is 9. The molecule has 2 N–H and O–H groups in total. The maximum Gasteiger partial charge on any atom is 0.417 e. The summed E-state index contributed by atoms with van der Waals surface area (Å²) in [5.41, 5.74) is -5.60. The highest BCUT2D eigenvalue weighted by Crippen LogP contribution is 2.80. The molecule has 0 spiro atoms. The Balaban J connectivity index is 1.35. The lowest BCUT2D eigenvalue weighted by atomic mass is 9.30. The first-order valence-electron chi connectivity index (χ1n) is 11.5. The molecule has 204 valence electrons. The van der Waals surface area contributed by atoms with Gasteiger partial charge >= 0.3 is 6.18 Å². The van der Waals surface area contributed by atoms with Gasteiger partial charge in [-0.05, 0) is 64.9 Å². The molecule has 14 heteroatoms. The minimum Gasteiger partial charge on any atom is -0.491 e. The summed E-state index contributed by atoms with van der Waals surface area (Å²) in [6, 6.07) is 7.82. The fourth-order valence-electron chi connectivity index (χ4n) is 5.71. The van der Waals surface area contributed by atoms with Gasteiger partial charge in [-0.15, -0.1) is 5.10 Å². The number of hydrogen-bond acceptors (Lipinski definition) is 6. The third kappa shape index (κ3) is 4.01. The van der Waals surface area contributed by atoms with E-state index < -0.39 is 65.0 Å². The van der Waals surface area contributed by atoms with Crippen LogP contribution in [-0.2, 0) is 17.6 Å². The average molecular weight is 546 g/mol. The minimum atomic E-state index is -4.82. The monoisotopic (exact) mass is 546 g/mol. The van der Waals surface area contributed by atoms with E-state index >= 15 is 8.78 Å². The van der Waals surface area contributed by atoms with E-state index in [4.69, 9.17) is 9.84 Å². The van der Waals surface area contributed by atoms with Crippen molar-refractivity contribution in [1.82, 2.24) is 20.2 Å². The Kier molecular flexibility index (Phi) is 5.98. The third-order valence-corrected chi connectivity index (χ3v) is 7.63. The SMILES string of the molecule is OC(COc1ccc(C23CC(C(F)(F)C(O)(Cn4cnnn4)c4ccc(F)cc4F)(C2)C3)cc1)C(F)(F)F. The van der Waals surface area contributed by atoms with Crippen LogP contribution in [0.5, 0.6) is 5.75 Å². The molecule has 0 amide bonds. The maximum absolute atomic E-state index is 16.2. The first-order valence-corrected chi connectivity index (χ1v) is 11.5. The van der Waals surface area contributed by atoms with Gasteiger partial charge in [0.05, 0.1) is 6.54 Å². The number of halogens is 7. The number of tetrazole rings is 1. The molecule has 2 atom stereocenters. The summed E-state index contributed by atoms with van der Waals surface area (Å²) in [4.78, 5) is 0. The van der Waals surface area contributed by atoms with Crippen LogP contribution < -0.4 is 4.74 Å². The molecular formula is C24H21F7N4O3. The Labute approximate surface area is 210 Å². The average Bonchev–Trinajstić information content (AvgIpc) is 3.28. The summed E-state index contributed by atoms with van der Waals surface area (Å²) >= 11 is 0. The van der Waals surface area contributed by atoms with E-state index in [-0.39, 0.29) is 25.0 Å². The molecule has 1 aromatic heterocycles. The van der Waals surface area contributed by atoms with Crippen LogP contribution in [0.3, 0.4) is 0 Å². The fourth-order valence-corrected chi connectivity index (χ4v) is 5.71. The molecule has 2 unspecified atom stereocenters. The number of ether oxygens (including phenoxy) is 1. The van der Waals surface area contributed by atoms with Gasteiger partial charge in [-0.25, -0.2) is 22.2 Å². The van der Waals surface area contributed by atoms with E-state index in [9.17, 15) is 27.1 Å². The largest absolute Gasteiger partial charge is 0.491 e. The van der Waals surface area contributed by atoms with Crippen molar-refractivity contribution < 1.29 is 45.7 Å². The molecule has 3 aromatic rings. The summed E-state index contributed by atoms with van der Waals surface area (Å²) in [5.74, 6) is -6.16. The van der Waals surface area contributed by atoms with Gasteiger partial charge in [0, 0.05) is 17.0 Å². The number of benzene rings is 2. The lowest BCUT2D eigenvalue weighted by Crippen LogP contribution is -2.76. The Morgan fingerprint density at radius 3 is 2.21 bits per heavy atom. The van der Waals surface area contributed by atoms with Crippen LogP contribution in [0.4, 0.5) is 30.7 Å². The van der Waals surface area contributed by atoms with Gasteiger partial charge < -0.3 is 14.9 Å². The highest BCUT2D eigenvalue weighted by molar-refractivity contribution is 5.44. The standard InChI is InChI=1S/C24H21F7N4O3/c25-15-3-6-17(18(26)7-15)22(37,12-35-13-32-33-34-35)24(30,31)21-9-20(10-21,11-21)14-1-4-16(5-2-14)38-8-19(36)23(27,28)29/h1-7,13,19,36-37H,8-12H2. The quantitative estimate of drug-likeness (QED) is 0.396. The van der Waals surface area contributed by atoms with Crippen molar-refractivity contribution in [1.29, 1.82) is 0 Å². The van der Waals surface area contributed by atoms with Crippen LogP contribution in [0.25, 0.3) is 0 Å². The normalized spacial score (nSPS) is 25.2. The van der Waals surface area contributed by atoms with E-state index in [1.165, 1.54) is 12.1 Å². The molecule has 38 heavy (non-hydrogen) atoms. The van der Waals surface area contributed by atoms with Crippen LogP contribution in [0.2, 0.25) is 0 Å². The number of nitrogens with zero attached hydrogens (tertiary/aromatic N) is 4. The zero-order chi connectivity index (χ0) is 27.6. The molecule has 1 heterocycles. The van der Waals surface area contributed by atoms with Gasteiger partial charge in [0.1, 0.15) is 30.3 Å². The van der Waals surface area contributed by atoms with Crippen LogP contribution >= 0.6 is 0 Å². The van der Waals surface area contributed by atoms with Gasteiger partial charge in [-0.2, -0.15) is 13.2 Å². The van der Waals surface area contributed by atoms with E-state index in [1.54, 1.807) is 12.1 Å². The summed E-state index contributed by atoms with van der Waals surface area (Å²) < 4.78 is 104. The van der Waals surface area contributed by atoms with Crippen molar-refractivity contribution in [3.8, 4) is 5.75 Å². The molecule has 0 radical (unpaired) electrons. The number of aliphatic hydroxyl groups excluding tert-OH is 1. The molecule has 3 aliphatic rings. The zero-order valence-corrected chi connectivity index (χ0v) is 19.5. The first kappa shape index (κ1) is 26.4. The van der Waals surface area contributed by atoms with Crippen molar-refractivity contribution in [2.24, 2.45) is 5.41 Å². The van der Waals surface area contributed by atoms with E-state index in [1.807, 2.05) is 0 Å². The van der Waals surface area contributed by atoms with Gasteiger partial charge in [0.2, 0.25) is 0 Å². The summed E-state index contributed by atoms with van der Waals surface area (Å²) in [5, 5.41) is 30.7. The lowest BCUT2D eigenvalue weighted by molar-refractivity contribution is -0.347. The molecular weight excluding hydrogens is 525 g/mol. The highest BCUT2D eigenvalue weighted by Gasteiger charge is 2.82. The van der Waals surface area contributed by atoms with E-state index in [0.717, 1.165) is 23.1 Å². The first-order chi connectivity index (χ1) is 17.7. The predicted octanol–water partition coefficient (Wildman–Crippen LogP) is 3.90. The number of alkyl halides is 5. The Morgan fingerprint density at radius 2 is 1.66 bits per heavy atom. The number of aliphatic hydroxyl groups is 2. The lowest BCUT2D eigenvalue weighted by Gasteiger charge is -2.74. The van der Waals surface area contributed by atoms with Gasteiger partial charge in [-0.3, -0.25) is 0 Å². The summed E-state index contributed by atoms with van der Waals surface area (Å²) in [7, 11) is 0. The molecule has 2 aromatic carbocycles. The summed E-state index contributed by atoms with van der Waals surface area (Å²) in [6.45, 7) is -1.89. The zero-order valence-electron chi connectivity index (χ0n) is 19.5. The summed E-state index contributed by atoms with van der Waals surface area (Å²) in [6.07, 6.45) is -6.65. The van der Waals surface area contributed by atoms with Crippen molar-refractivity contribution in [2.75, 3.05) is 6.61 Å². The number of hydrogen-bond donors (Lipinski definition) is 2. The van der Waals surface area contributed by atoms with E-state index in [2.05, 4.69) is 15.5 Å². The molecule has 3 saturated carbocycles. The van der Waals surface area contributed by atoms with E-state index in [0.29, 0.717) is 11.6 Å². The topological polar surface area (TPSA) is 93.3 Å². The molecule has 7 nitrogen and oxygen atoms in total. The van der Waals surface area contributed by atoms with Crippen molar-refractivity contribution in [3.63, 3.8) is 0 Å².